The van der Waals surface area contributed by atoms with Gasteiger partial charge >= 0.3 is 47.9 Å². The minimum atomic E-state index is -2.10. The van der Waals surface area contributed by atoms with Crippen molar-refractivity contribution in [2.24, 2.45) is 5.11 Å². The molecule has 0 bridgehead atoms. The second-order valence-corrected chi connectivity index (χ2v) is 24.6. The molecule has 4 fully saturated rings. The number of carbonyl (C=O) groups is 8. The van der Waals surface area contributed by atoms with E-state index in [0.29, 0.717) is 27.8 Å². The van der Waals surface area contributed by atoms with Crippen LogP contribution < -0.4 is 5.32 Å². The fraction of sp³-hybridized carbons (Fsp3) is 0.479. The van der Waals surface area contributed by atoms with Gasteiger partial charge in [0.15, 0.2) is 49.6 Å². The van der Waals surface area contributed by atoms with Crippen LogP contribution in [0.5, 0.6) is 0 Å². The molecule has 1 N–H and O–H groups in total. The lowest BCUT2D eigenvalue weighted by Gasteiger charge is -2.51. The Balaban J connectivity index is 1.14. The zero-order chi connectivity index (χ0) is 75.7. The molecule has 1 unspecified atom stereocenters. The summed E-state index contributed by atoms with van der Waals surface area (Å²) in [5, 5.41) is 6.83. The Morgan fingerprint density at radius 3 is 1.24 bits per heavy atom. The van der Waals surface area contributed by atoms with E-state index in [1.54, 1.807) is 152 Å². The number of carbonyl (C=O) groups excluding carboxylic acids is 8. The summed E-state index contributed by atoms with van der Waals surface area (Å²) in [6.45, 7) is 1.79. The van der Waals surface area contributed by atoms with Crippen LogP contribution in [-0.2, 0) is 161 Å². The number of rotatable bonds is 33. The van der Waals surface area contributed by atoms with Crippen molar-refractivity contribution in [1.29, 1.82) is 0 Å². The third-order valence-corrected chi connectivity index (χ3v) is 17.1. The van der Waals surface area contributed by atoms with Crippen LogP contribution in [0.4, 0.5) is 4.79 Å². The van der Waals surface area contributed by atoms with E-state index >= 15 is 0 Å². The fourth-order valence-corrected chi connectivity index (χ4v) is 12.2. The molecule has 0 spiro atoms. The van der Waals surface area contributed by atoms with E-state index in [0.717, 1.165) is 41.9 Å². The minimum absolute atomic E-state index is 0.171. The average Bonchev–Trinajstić information content (AvgIpc) is 0.768. The fourth-order valence-electron chi connectivity index (χ4n) is 12.2. The van der Waals surface area contributed by atoms with Gasteiger partial charge in [-0.3, -0.25) is 24.0 Å². The summed E-state index contributed by atoms with van der Waals surface area (Å²) in [5.74, 6) is -7.67. The Hall–Kier alpha value is -9.22. The number of halogens is 1. The lowest BCUT2D eigenvalue weighted by atomic mass is 9.93. The molecule has 0 aliphatic carbocycles. The molecule has 5 aromatic carbocycles. The number of esters is 7. The normalized spacial score (nSPS) is 28.4. The maximum Gasteiger partial charge on any atom is 0.407 e. The summed E-state index contributed by atoms with van der Waals surface area (Å²) in [5.41, 5.74) is 13.6. The number of alkyl halides is 1. The van der Waals surface area contributed by atoms with Crippen LogP contribution in [0.2, 0.25) is 0 Å². The summed E-state index contributed by atoms with van der Waals surface area (Å²) in [6, 6.07) is 40.3. The quantitative estimate of drug-likeness (QED) is 0.0117. The third-order valence-electron chi connectivity index (χ3n) is 16.9. The van der Waals surface area contributed by atoms with E-state index < -0.39 is 190 Å². The lowest BCUT2D eigenvalue weighted by molar-refractivity contribution is -0.376. The van der Waals surface area contributed by atoms with Crippen LogP contribution in [0.1, 0.15) is 55.5 Å². The van der Waals surface area contributed by atoms with Crippen LogP contribution in [0.15, 0.2) is 157 Å². The first-order valence-corrected chi connectivity index (χ1v) is 34.1. The van der Waals surface area contributed by atoms with Gasteiger partial charge in [0.25, 0.3) is 0 Å². The second-order valence-electron chi connectivity index (χ2n) is 24.3. The Morgan fingerprint density at radius 1 is 0.425 bits per heavy atom. The van der Waals surface area contributed by atoms with Crippen LogP contribution in [0, 0.1) is 0 Å². The Kier molecular flexibility index (Phi) is 30.9. The van der Waals surface area contributed by atoms with Crippen molar-refractivity contribution in [3.05, 3.63) is 190 Å². The van der Waals surface area contributed by atoms with Gasteiger partial charge in [0.2, 0.25) is 0 Å². The zero-order valence-electron chi connectivity index (χ0n) is 58.8. The van der Waals surface area contributed by atoms with Crippen LogP contribution in [0.3, 0.4) is 0 Å². The molecular formula is C73H83ClN4O28. The minimum Gasteiger partial charge on any atom is -0.467 e. The molecule has 4 aliphatic rings. The topological polar surface area (TPSA) is 382 Å². The second kappa shape index (κ2) is 40.5. The third kappa shape index (κ3) is 22.4. The number of hydrogen-bond acceptors (Lipinski definition) is 29. The molecule has 4 saturated heterocycles. The zero-order valence-corrected chi connectivity index (χ0v) is 59.5. The van der Waals surface area contributed by atoms with Crippen LogP contribution >= 0.6 is 11.6 Å². The van der Waals surface area contributed by atoms with E-state index in [-0.39, 0.29) is 33.0 Å². The number of alkyl carbamates (subject to hydrolysis) is 1. The summed E-state index contributed by atoms with van der Waals surface area (Å²) >= 11 is 6.01. The first-order chi connectivity index (χ1) is 51.3. The number of benzene rings is 5. The van der Waals surface area contributed by atoms with E-state index in [1.807, 2.05) is 0 Å². The molecule has 106 heavy (non-hydrogen) atoms. The molecule has 9 rings (SSSR count). The maximum absolute atomic E-state index is 14.8. The van der Waals surface area contributed by atoms with Crippen LogP contribution in [-0.4, -0.2) is 211 Å². The van der Waals surface area contributed by atoms with Gasteiger partial charge in [-0.15, -0.1) is 11.6 Å². The van der Waals surface area contributed by atoms with E-state index in [1.165, 1.54) is 7.11 Å². The van der Waals surface area contributed by atoms with Crippen molar-refractivity contribution in [2.45, 2.75) is 183 Å². The smallest absolute Gasteiger partial charge is 0.407 e. The van der Waals surface area contributed by atoms with Crippen molar-refractivity contribution in [3.8, 4) is 0 Å². The molecule has 20 atom stereocenters. The first kappa shape index (κ1) is 80.9. The van der Waals surface area contributed by atoms with Gasteiger partial charge in [-0.2, -0.15) is 0 Å². The number of methoxy groups -OCH3 is 3. The molecule has 570 valence electrons. The van der Waals surface area contributed by atoms with Gasteiger partial charge in [-0.1, -0.05) is 157 Å². The van der Waals surface area contributed by atoms with Gasteiger partial charge < -0.3 is 100 Å². The number of nitrogens with zero attached hydrogens (tertiary/aromatic N) is 3. The van der Waals surface area contributed by atoms with E-state index in [2.05, 4.69) is 15.3 Å². The largest absolute Gasteiger partial charge is 0.467 e. The molecule has 5 aromatic rings. The first-order valence-electron chi connectivity index (χ1n) is 33.6. The Morgan fingerprint density at radius 2 is 0.811 bits per heavy atom. The molecule has 4 heterocycles. The van der Waals surface area contributed by atoms with Crippen molar-refractivity contribution in [1.82, 2.24) is 5.32 Å². The van der Waals surface area contributed by atoms with Gasteiger partial charge in [-0.25, -0.2) is 14.4 Å². The van der Waals surface area contributed by atoms with Gasteiger partial charge in [0.05, 0.1) is 40.6 Å². The van der Waals surface area contributed by atoms with Gasteiger partial charge in [-0.05, 0) is 33.3 Å². The molecule has 33 heteroatoms. The average molecular weight is 1500 g/mol. The monoisotopic (exact) mass is 1500 g/mol. The summed E-state index contributed by atoms with van der Waals surface area (Å²) in [4.78, 5) is 113. The van der Waals surface area contributed by atoms with Gasteiger partial charge in [0.1, 0.15) is 98.8 Å². The van der Waals surface area contributed by atoms with E-state index in [9.17, 15) is 43.9 Å². The molecule has 1 amide bonds. The summed E-state index contributed by atoms with van der Waals surface area (Å²) in [6.07, 6.45) is -32.8. The lowest BCUT2D eigenvalue weighted by Crippen LogP contribution is -2.70. The number of ether oxygens (including phenoxy) is 20. The molecule has 4 aliphatic heterocycles. The Bertz CT molecular complexity index is 3710. The standard InChI is InChI=1S/C73H83ClN4O28/c1-41(79)90-39-50-55(57(92-34-45-23-13-8-14-24-45)53(69(89-7)99-50)76-73(86)96-38-49-31-21-12-22-32-49)102-72-66(98-44(4)82)60(94-36-47-27-17-10-18-28-47)62(64(106-72)68(85)88-6)104-70-54(77-78-75)58(97-43(3)81)56(51(100-70)40-91-42(2)80)103-71-65(95-37-48-29-19-11-20-30-48)59(93-35-46-25-15-9-16-26-46)61(101-52(83)33-74)63(105-71)67(84)87-5/h8-32,50-51,53-66,69-72H,33-40H2,1-7H3,(H,76,86)/t50-,51-,53-,54-,55-,56?,57-,58-,59+,60+,61+,62+,63+,64-,65-,66-,69+,70-,71-,72-/m1/s1. The number of nitrogens with one attached hydrogen (secondary N) is 1. The predicted molar refractivity (Wildman–Crippen MR) is 362 cm³/mol. The Labute approximate surface area is 614 Å². The molecular weight excluding hydrogens is 1420 g/mol. The summed E-state index contributed by atoms with van der Waals surface area (Å²) < 4.78 is 125. The van der Waals surface area contributed by atoms with E-state index in [4.69, 9.17) is 106 Å². The molecule has 0 aromatic heterocycles. The van der Waals surface area contributed by atoms with Crippen LogP contribution in [0.25, 0.3) is 10.4 Å². The van der Waals surface area contributed by atoms with Crippen molar-refractivity contribution in [3.63, 3.8) is 0 Å². The predicted octanol–water partition coefficient (Wildman–Crippen LogP) is 6.49. The molecule has 32 nitrogen and oxygen atoms in total. The number of amides is 1. The maximum atomic E-state index is 14.8. The van der Waals surface area contributed by atoms with Gasteiger partial charge in [0, 0.05) is 39.7 Å². The summed E-state index contributed by atoms with van der Waals surface area (Å²) in [7, 11) is 3.34. The van der Waals surface area contributed by atoms with Crippen molar-refractivity contribution >= 4 is 59.5 Å². The highest BCUT2D eigenvalue weighted by molar-refractivity contribution is 6.26. The highest BCUT2D eigenvalue weighted by Gasteiger charge is 2.61. The number of azide groups is 1. The highest BCUT2D eigenvalue weighted by Crippen LogP contribution is 2.41. The molecule has 0 saturated carbocycles. The van der Waals surface area contributed by atoms with Crippen molar-refractivity contribution < 1.29 is 133 Å². The molecule has 0 radical (unpaired) electrons. The SMILES string of the molecule is COC(=O)[C@H]1O[C@@H](OC2[C@@H](COC(C)=O)O[C@H](O[C@H]3[C@H](OCc4ccccc4)[C@@H](OC(C)=O)[C@H](O[C@H]4[C@H](OCc5ccccc5)[C@@H](NC(=O)OCc5ccccc5)[C@@H](OC)O[C@@H]4COC(C)=O)O[C@H]3C(=O)OC)[C@H](N=[N+]=[N-])[C@H]2OC(C)=O)[C@H](OCc2ccccc2)[C@@H](OCc2ccccc2)[C@@H]1OC(=O)CCl. The number of hydrogen-bond donors (Lipinski definition) is 1. The van der Waals surface area contributed by atoms with Crippen molar-refractivity contribution in [2.75, 3.05) is 40.4 Å². The highest BCUT2D eigenvalue weighted by atomic mass is 35.5.